The molecular formula is C10H11N3O. The lowest BCUT2D eigenvalue weighted by Gasteiger charge is -2.09. The molecule has 1 unspecified atom stereocenters. The van der Waals surface area contributed by atoms with E-state index in [0.29, 0.717) is 0 Å². The van der Waals surface area contributed by atoms with E-state index < -0.39 is 6.04 Å². The summed E-state index contributed by atoms with van der Waals surface area (Å²) in [6.45, 7) is -0.0876. The molecule has 2 aromatic rings. The summed E-state index contributed by atoms with van der Waals surface area (Å²) < 4.78 is 0. The largest absolute Gasteiger partial charge is 0.394 e. The van der Waals surface area contributed by atoms with Crippen molar-refractivity contribution < 1.29 is 5.11 Å². The molecule has 0 bridgehead atoms. The van der Waals surface area contributed by atoms with Crippen molar-refractivity contribution in [3.05, 3.63) is 36.2 Å². The summed E-state index contributed by atoms with van der Waals surface area (Å²) in [7, 11) is 0. The van der Waals surface area contributed by atoms with E-state index in [-0.39, 0.29) is 6.61 Å². The lowest BCUT2D eigenvalue weighted by Crippen LogP contribution is -2.15. The first kappa shape index (κ1) is 9.05. The van der Waals surface area contributed by atoms with Gasteiger partial charge in [0.2, 0.25) is 0 Å². The van der Waals surface area contributed by atoms with E-state index in [4.69, 9.17) is 10.8 Å². The van der Waals surface area contributed by atoms with Gasteiger partial charge in [-0.3, -0.25) is 9.97 Å². The van der Waals surface area contributed by atoms with E-state index in [1.165, 1.54) is 0 Å². The molecular weight excluding hydrogens is 178 g/mol. The summed E-state index contributed by atoms with van der Waals surface area (Å²) in [5.41, 5.74) is 8.13. The van der Waals surface area contributed by atoms with Gasteiger partial charge in [-0.15, -0.1) is 0 Å². The van der Waals surface area contributed by atoms with Gasteiger partial charge in [-0.05, 0) is 11.6 Å². The molecule has 0 radical (unpaired) electrons. The van der Waals surface area contributed by atoms with Crippen LogP contribution in [0.3, 0.4) is 0 Å². The summed E-state index contributed by atoms with van der Waals surface area (Å²) in [6.07, 6.45) is 3.26. The number of aliphatic hydroxyl groups excluding tert-OH is 1. The Morgan fingerprint density at radius 3 is 2.86 bits per heavy atom. The minimum absolute atomic E-state index is 0.0876. The van der Waals surface area contributed by atoms with Crippen LogP contribution in [0.4, 0.5) is 0 Å². The summed E-state index contributed by atoms with van der Waals surface area (Å²) in [5, 5.41) is 8.97. The number of benzene rings is 1. The molecule has 4 heteroatoms. The molecule has 0 aliphatic rings. The Labute approximate surface area is 81.4 Å². The number of fused-ring (bicyclic) bond motifs is 1. The van der Waals surface area contributed by atoms with Crippen LogP contribution in [0.1, 0.15) is 11.6 Å². The highest BCUT2D eigenvalue weighted by Crippen LogP contribution is 2.18. The Bertz CT molecular complexity index is 439. The maximum atomic E-state index is 8.97. The summed E-state index contributed by atoms with van der Waals surface area (Å²) in [4.78, 5) is 8.36. The van der Waals surface area contributed by atoms with Crippen molar-refractivity contribution in [1.29, 1.82) is 0 Å². The lowest BCUT2D eigenvalue weighted by atomic mass is 10.1. The zero-order valence-electron chi connectivity index (χ0n) is 7.59. The topological polar surface area (TPSA) is 72.0 Å². The second kappa shape index (κ2) is 3.69. The minimum atomic E-state index is -0.393. The van der Waals surface area contributed by atoms with Gasteiger partial charge in [0.15, 0.2) is 0 Å². The number of aliphatic hydroxyl groups is 1. The molecule has 1 aromatic carbocycles. The molecule has 0 spiro atoms. The normalized spacial score (nSPS) is 13.0. The number of rotatable bonds is 2. The first-order valence-electron chi connectivity index (χ1n) is 4.39. The van der Waals surface area contributed by atoms with Crippen LogP contribution in [-0.2, 0) is 0 Å². The number of aromatic nitrogens is 2. The van der Waals surface area contributed by atoms with Crippen molar-refractivity contribution in [3.63, 3.8) is 0 Å². The van der Waals surface area contributed by atoms with Crippen molar-refractivity contribution in [1.82, 2.24) is 9.97 Å². The van der Waals surface area contributed by atoms with Gasteiger partial charge in [0.05, 0.1) is 23.7 Å². The van der Waals surface area contributed by atoms with Gasteiger partial charge in [0.25, 0.3) is 0 Å². The predicted molar refractivity (Wildman–Crippen MR) is 53.6 cm³/mol. The summed E-state index contributed by atoms with van der Waals surface area (Å²) >= 11 is 0. The van der Waals surface area contributed by atoms with E-state index in [0.717, 1.165) is 16.6 Å². The number of hydrogen-bond acceptors (Lipinski definition) is 4. The highest BCUT2D eigenvalue weighted by molar-refractivity contribution is 5.77. The maximum Gasteiger partial charge on any atom is 0.0935 e. The fraction of sp³-hybridized carbons (Fsp3) is 0.200. The second-order valence-electron chi connectivity index (χ2n) is 3.06. The zero-order valence-corrected chi connectivity index (χ0v) is 7.59. The minimum Gasteiger partial charge on any atom is -0.394 e. The monoisotopic (exact) mass is 189 g/mol. The summed E-state index contributed by atoms with van der Waals surface area (Å²) in [6, 6.07) is 5.20. The van der Waals surface area contributed by atoms with Gasteiger partial charge in [-0.2, -0.15) is 0 Å². The highest BCUT2D eigenvalue weighted by atomic mass is 16.3. The lowest BCUT2D eigenvalue weighted by molar-refractivity contribution is 0.268. The van der Waals surface area contributed by atoms with Crippen molar-refractivity contribution >= 4 is 11.0 Å². The molecule has 0 aliphatic carbocycles. The van der Waals surface area contributed by atoms with Crippen molar-refractivity contribution in [2.75, 3.05) is 6.61 Å². The first-order valence-corrected chi connectivity index (χ1v) is 4.39. The third-order valence-corrected chi connectivity index (χ3v) is 2.13. The van der Waals surface area contributed by atoms with Crippen LogP contribution in [0.5, 0.6) is 0 Å². The number of para-hydroxylation sites is 1. The number of nitrogens with zero attached hydrogens (tertiary/aromatic N) is 2. The molecule has 0 saturated heterocycles. The molecule has 72 valence electrons. The standard InChI is InChI=1S/C10H11N3O/c11-8(6-14)7-2-1-3-9-10(7)13-5-4-12-9/h1-5,8,14H,6,11H2. The average molecular weight is 189 g/mol. The van der Waals surface area contributed by atoms with E-state index in [9.17, 15) is 0 Å². The smallest absolute Gasteiger partial charge is 0.0935 e. The van der Waals surface area contributed by atoms with Gasteiger partial charge in [0, 0.05) is 12.4 Å². The fourth-order valence-corrected chi connectivity index (χ4v) is 1.41. The van der Waals surface area contributed by atoms with Gasteiger partial charge in [-0.1, -0.05) is 12.1 Å². The quantitative estimate of drug-likeness (QED) is 0.726. The molecule has 0 saturated carbocycles. The maximum absolute atomic E-state index is 8.97. The van der Waals surface area contributed by atoms with Crippen LogP contribution >= 0.6 is 0 Å². The third-order valence-electron chi connectivity index (χ3n) is 2.13. The van der Waals surface area contributed by atoms with E-state index >= 15 is 0 Å². The SMILES string of the molecule is NC(CO)c1cccc2nccnc12. The number of hydrogen-bond donors (Lipinski definition) is 2. The first-order chi connectivity index (χ1) is 6.83. The molecule has 1 atom stereocenters. The Balaban J connectivity index is 2.65. The van der Waals surface area contributed by atoms with Crippen LogP contribution in [0.15, 0.2) is 30.6 Å². The predicted octanol–water partition coefficient (Wildman–Crippen LogP) is 0.622. The molecule has 14 heavy (non-hydrogen) atoms. The Kier molecular flexibility index (Phi) is 2.39. The third kappa shape index (κ3) is 1.45. The Morgan fingerprint density at radius 2 is 2.07 bits per heavy atom. The highest BCUT2D eigenvalue weighted by Gasteiger charge is 2.09. The Hall–Kier alpha value is -1.52. The molecule has 0 amide bonds. The van der Waals surface area contributed by atoms with Crippen LogP contribution in [0.2, 0.25) is 0 Å². The fourth-order valence-electron chi connectivity index (χ4n) is 1.41. The van der Waals surface area contributed by atoms with Crippen molar-refractivity contribution in [2.24, 2.45) is 5.73 Å². The molecule has 0 fully saturated rings. The molecule has 2 rings (SSSR count). The van der Waals surface area contributed by atoms with Crippen molar-refractivity contribution in [3.8, 4) is 0 Å². The Morgan fingerprint density at radius 1 is 1.29 bits per heavy atom. The number of nitrogens with two attached hydrogens (primary N) is 1. The zero-order chi connectivity index (χ0) is 9.97. The molecule has 1 heterocycles. The molecule has 0 aliphatic heterocycles. The average Bonchev–Trinajstić information content (AvgIpc) is 2.27. The van der Waals surface area contributed by atoms with Crippen LogP contribution in [-0.4, -0.2) is 21.7 Å². The van der Waals surface area contributed by atoms with Crippen LogP contribution < -0.4 is 5.73 Å². The molecule has 4 nitrogen and oxygen atoms in total. The van der Waals surface area contributed by atoms with Crippen molar-refractivity contribution in [2.45, 2.75) is 6.04 Å². The second-order valence-corrected chi connectivity index (χ2v) is 3.06. The van der Waals surface area contributed by atoms with Gasteiger partial charge in [-0.25, -0.2) is 0 Å². The van der Waals surface area contributed by atoms with Crippen LogP contribution in [0, 0.1) is 0 Å². The van der Waals surface area contributed by atoms with Gasteiger partial charge in [0.1, 0.15) is 0 Å². The van der Waals surface area contributed by atoms with E-state index in [1.807, 2.05) is 18.2 Å². The van der Waals surface area contributed by atoms with Gasteiger partial charge >= 0.3 is 0 Å². The van der Waals surface area contributed by atoms with Gasteiger partial charge < -0.3 is 10.8 Å². The summed E-state index contributed by atoms with van der Waals surface area (Å²) in [5.74, 6) is 0. The molecule has 3 N–H and O–H groups in total. The van der Waals surface area contributed by atoms with E-state index in [1.54, 1.807) is 12.4 Å². The van der Waals surface area contributed by atoms with E-state index in [2.05, 4.69) is 9.97 Å². The van der Waals surface area contributed by atoms with Crippen LogP contribution in [0.25, 0.3) is 11.0 Å². The molecule has 1 aromatic heterocycles.